The molecular weight excluding hydrogens is 534 g/mol. The first-order chi connectivity index (χ1) is 15.7. The summed E-state index contributed by atoms with van der Waals surface area (Å²) in [5, 5.41) is 11.9. The van der Waals surface area contributed by atoms with E-state index in [0.29, 0.717) is 38.4 Å². The second-order valence-corrected chi connectivity index (χ2v) is 9.69. The molecule has 0 radical (unpaired) electrons. The lowest BCUT2D eigenvalue weighted by Gasteiger charge is -2.08. The number of anilines is 1. The minimum atomic E-state index is -0.621. The van der Waals surface area contributed by atoms with Crippen LogP contribution in [0.1, 0.15) is 32.5 Å². The fourth-order valence-corrected chi connectivity index (χ4v) is 5.29. The minimum absolute atomic E-state index is 0.0223. The van der Waals surface area contributed by atoms with Crippen molar-refractivity contribution in [2.24, 2.45) is 0 Å². The van der Waals surface area contributed by atoms with Gasteiger partial charge < -0.3 is 19.4 Å². The number of esters is 1. The second-order valence-electron chi connectivity index (χ2n) is 6.94. The van der Waals surface area contributed by atoms with Gasteiger partial charge in [-0.1, -0.05) is 11.8 Å². The average molecular weight is 556 g/mol. The summed E-state index contributed by atoms with van der Waals surface area (Å²) in [6.07, 6.45) is 0. The smallest absolute Gasteiger partial charge is 0.341 e. The van der Waals surface area contributed by atoms with E-state index in [1.165, 1.54) is 23.8 Å². The van der Waals surface area contributed by atoms with Gasteiger partial charge in [-0.25, -0.2) is 4.79 Å². The molecule has 0 aromatic carbocycles. The summed E-state index contributed by atoms with van der Waals surface area (Å²) in [5.74, 6) is -0.102. The Balaban J connectivity index is 1.78. The number of hydrogen-bond acceptors (Lipinski definition) is 9. The van der Waals surface area contributed by atoms with Crippen LogP contribution in [0, 0.1) is 6.92 Å². The largest absolute Gasteiger partial charge is 0.465 e. The van der Waals surface area contributed by atoms with Gasteiger partial charge >= 0.3 is 5.97 Å². The molecule has 3 heterocycles. The van der Waals surface area contributed by atoms with Crippen LogP contribution >= 0.6 is 39.0 Å². The van der Waals surface area contributed by atoms with Gasteiger partial charge in [-0.3, -0.25) is 14.2 Å². The zero-order valence-corrected chi connectivity index (χ0v) is 21.8. The molecule has 33 heavy (non-hydrogen) atoms. The van der Waals surface area contributed by atoms with Crippen LogP contribution in [0.3, 0.4) is 0 Å². The van der Waals surface area contributed by atoms with Crippen molar-refractivity contribution < 1.29 is 23.5 Å². The van der Waals surface area contributed by atoms with Crippen molar-refractivity contribution in [1.82, 2.24) is 19.7 Å². The van der Waals surface area contributed by atoms with Crippen molar-refractivity contribution in [2.75, 3.05) is 32.3 Å². The summed E-state index contributed by atoms with van der Waals surface area (Å²) in [5.41, 5.74) is 0.641. The lowest BCUT2D eigenvalue weighted by Crippen LogP contribution is -2.21. The first kappa shape index (κ1) is 25.0. The number of rotatable bonds is 8. The van der Waals surface area contributed by atoms with Gasteiger partial charge in [0.05, 0.1) is 23.3 Å². The molecule has 3 aromatic heterocycles. The molecule has 3 aromatic rings. The van der Waals surface area contributed by atoms with Gasteiger partial charge in [0, 0.05) is 20.6 Å². The Morgan fingerprint density at radius 1 is 1.30 bits per heavy atom. The molecule has 0 bridgehead atoms. The molecule has 0 atom stereocenters. The third-order valence-corrected chi connectivity index (χ3v) is 7.14. The van der Waals surface area contributed by atoms with Crippen LogP contribution in [0.15, 0.2) is 26.4 Å². The number of furan rings is 1. The van der Waals surface area contributed by atoms with Crippen molar-refractivity contribution in [1.29, 1.82) is 0 Å². The third kappa shape index (κ3) is 5.31. The number of nitrogens with zero attached hydrogens (tertiary/aromatic N) is 4. The first-order valence-corrected chi connectivity index (χ1v) is 12.3. The highest BCUT2D eigenvalue weighted by Crippen LogP contribution is 2.35. The molecule has 0 saturated heterocycles. The Bertz CT molecular complexity index is 1200. The Morgan fingerprint density at radius 2 is 2.03 bits per heavy atom. The van der Waals surface area contributed by atoms with Gasteiger partial charge in [0.15, 0.2) is 15.6 Å². The fraction of sp³-hybridized carbons (Fsp3) is 0.350. The van der Waals surface area contributed by atoms with Crippen LogP contribution in [0.4, 0.5) is 5.00 Å². The molecule has 0 aliphatic carbocycles. The van der Waals surface area contributed by atoms with Gasteiger partial charge in [0.2, 0.25) is 11.7 Å². The van der Waals surface area contributed by atoms with Gasteiger partial charge in [0.25, 0.3) is 5.91 Å². The summed E-state index contributed by atoms with van der Waals surface area (Å²) in [7, 11) is 4.49. The average Bonchev–Trinajstić information content (AvgIpc) is 3.47. The monoisotopic (exact) mass is 555 g/mol. The van der Waals surface area contributed by atoms with Crippen LogP contribution in [-0.2, 0) is 16.1 Å². The molecule has 0 aliphatic heterocycles. The van der Waals surface area contributed by atoms with Crippen molar-refractivity contribution in [3.8, 4) is 11.6 Å². The highest BCUT2D eigenvalue weighted by atomic mass is 79.9. The topological polar surface area (TPSA) is 120 Å². The maximum absolute atomic E-state index is 12.7. The molecule has 0 spiro atoms. The van der Waals surface area contributed by atoms with Crippen LogP contribution in [0.25, 0.3) is 11.6 Å². The van der Waals surface area contributed by atoms with Crippen LogP contribution in [0.5, 0.6) is 0 Å². The SMILES string of the molecule is CCn1c(SCC(=O)Nc2sc(C(=O)N(C)C)c(C)c2C(=O)OC)nnc1-c1ccc(Br)o1. The molecule has 3 rings (SSSR count). The molecule has 10 nitrogen and oxygen atoms in total. The number of halogens is 1. The van der Waals surface area contributed by atoms with Crippen LogP contribution in [-0.4, -0.2) is 64.4 Å². The molecule has 1 N–H and O–H groups in total. The number of thiophene rings is 1. The number of aromatic nitrogens is 3. The Hall–Kier alpha value is -2.64. The Morgan fingerprint density at radius 3 is 2.61 bits per heavy atom. The lowest BCUT2D eigenvalue weighted by molar-refractivity contribution is -0.113. The molecular formula is C20H22BrN5O5S2. The number of carbonyl (C=O) groups excluding carboxylic acids is 3. The molecule has 0 aliphatic rings. The summed E-state index contributed by atoms with van der Waals surface area (Å²) < 4.78 is 12.8. The highest BCUT2D eigenvalue weighted by molar-refractivity contribution is 9.10. The van der Waals surface area contributed by atoms with Crippen molar-refractivity contribution >= 4 is 61.8 Å². The molecule has 0 unspecified atom stereocenters. The maximum atomic E-state index is 12.7. The van der Waals surface area contributed by atoms with E-state index in [-0.39, 0.29) is 28.1 Å². The number of nitrogens with one attached hydrogen (secondary N) is 1. The fourth-order valence-electron chi connectivity index (χ4n) is 2.95. The third-order valence-electron chi connectivity index (χ3n) is 4.55. The van der Waals surface area contributed by atoms with E-state index in [0.717, 1.165) is 11.3 Å². The predicted molar refractivity (Wildman–Crippen MR) is 129 cm³/mol. The summed E-state index contributed by atoms with van der Waals surface area (Å²) in [6.45, 7) is 4.18. The van der Waals surface area contributed by atoms with E-state index in [2.05, 4.69) is 31.4 Å². The van der Waals surface area contributed by atoms with Gasteiger partial charge in [0.1, 0.15) is 5.00 Å². The number of ether oxygens (including phenoxy) is 1. The number of hydrogen-bond donors (Lipinski definition) is 1. The quantitative estimate of drug-likeness (QED) is 0.328. The molecule has 13 heteroatoms. The number of thioether (sulfide) groups is 1. The molecule has 176 valence electrons. The Kier molecular flexibility index (Phi) is 7.97. The number of amides is 2. The van der Waals surface area contributed by atoms with E-state index in [9.17, 15) is 14.4 Å². The number of methoxy groups -OCH3 is 1. The first-order valence-electron chi connectivity index (χ1n) is 9.72. The van der Waals surface area contributed by atoms with E-state index in [4.69, 9.17) is 9.15 Å². The lowest BCUT2D eigenvalue weighted by atomic mass is 10.1. The maximum Gasteiger partial charge on any atom is 0.341 e. The van der Waals surface area contributed by atoms with E-state index < -0.39 is 5.97 Å². The van der Waals surface area contributed by atoms with E-state index >= 15 is 0 Å². The normalized spacial score (nSPS) is 10.8. The summed E-state index contributed by atoms with van der Waals surface area (Å²) in [4.78, 5) is 39.3. The minimum Gasteiger partial charge on any atom is -0.465 e. The zero-order chi connectivity index (χ0) is 24.3. The van der Waals surface area contributed by atoms with E-state index in [1.807, 2.05) is 11.5 Å². The van der Waals surface area contributed by atoms with E-state index in [1.54, 1.807) is 33.2 Å². The molecule has 2 amide bonds. The predicted octanol–water partition coefficient (Wildman–Crippen LogP) is 3.91. The van der Waals surface area contributed by atoms with Gasteiger partial charge in [-0.15, -0.1) is 21.5 Å². The number of carbonyl (C=O) groups is 3. The molecule has 0 saturated carbocycles. The van der Waals surface area contributed by atoms with Crippen LogP contribution < -0.4 is 5.32 Å². The molecule has 0 fully saturated rings. The second kappa shape index (κ2) is 10.5. The highest BCUT2D eigenvalue weighted by Gasteiger charge is 2.27. The Labute approximate surface area is 206 Å². The van der Waals surface area contributed by atoms with Crippen molar-refractivity contribution in [3.63, 3.8) is 0 Å². The van der Waals surface area contributed by atoms with Gasteiger partial charge in [-0.05, 0) is 47.5 Å². The van der Waals surface area contributed by atoms with Crippen molar-refractivity contribution in [2.45, 2.75) is 25.5 Å². The summed E-state index contributed by atoms with van der Waals surface area (Å²) in [6, 6.07) is 3.54. The van der Waals surface area contributed by atoms with Crippen molar-refractivity contribution in [3.05, 3.63) is 32.8 Å². The summed E-state index contributed by atoms with van der Waals surface area (Å²) >= 11 is 5.52. The standard InChI is InChI=1S/C20H22BrN5O5S2/c1-6-26-16(11-7-8-12(21)31-11)23-24-20(26)32-9-13(27)22-17-14(19(29)30-5)10(2)15(33-17)18(28)25(3)4/h7-8H,6,9H2,1-5H3,(H,22,27). The van der Waals surface area contributed by atoms with Gasteiger partial charge in [-0.2, -0.15) is 0 Å². The van der Waals surface area contributed by atoms with Crippen LogP contribution in [0.2, 0.25) is 0 Å². The zero-order valence-electron chi connectivity index (χ0n) is 18.6.